The van der Waals surface area contributed by atoms with Crippen molar-refractivity contribution in [2.45, 2.75) is 20.0 Å². The van der Waals surface area contributed by atoms with Crippen LogP contribution in [0, 0.1) is 12.7 Å². The molecule has 9 heteroatoms. The number of aromatic nitrogens is 3. The molecule has 0 bridgehead atoms. The molecule has 2 heterocycles. The molecule has 2 aromatic carbocycles. The van der Waals surface area contributed by atoms with Gasteiger partial charge in [-0.15, -0.1) is 0 Å². The van der Waals surface area contributed by atoms with E-state index in [1.54, 1.807) is 18.3 Å². The number of rotatable bonds is 7. The summed E-state index contributed by atoms with van der Waals surface area (Å²) in [6, 6.07) is 13.5. The second-order valence-corrected chi connectivity index (χ2v) is 10.0. The van der Waals surface area contributed by atoms with Gasteiger partial charge >= 0.3 is 0 Å². The van der Waals surface area contributed by atoms with Crippen molar-refractivity contribution in [2.75, 3.05) is 16.3 Å². The molecule has 0 spiro atoms. The first-order chi connectivity index (χ1) is 15.7. The number of benzene rings is 2. The summed E-state index contributed by atoms with van der Waals surface area (Å²) < 4.78 is 35.0. The Balaban J connectivity index is 1.70. The van der Waals surface area contributed by atoms with E-state index in [9.17, 15) is 8.60 Å². The number of aryl methyl sites for hydroxylation is 1. The summed E-state index contributed by atoms with van der Waals surface area (Å²) in [7, 11) is -2.43. The van der Waals surface area contributed by atoms with Gasteiger partial charge in [-0.3, -0.25) is 4.98 Å². The van der Waals surface area contributed by atoms with Crippen molar-refractivity contribution in [3.8, 4) is 5.75 Å². The van der Waals surface area contributed by atoms with E-state index in [2.05, 4.69) is 30.9 Å². The molecule has 7 nitrogen and oxygen atoms in total. The summed E-state index contributed by atoms with van der Waals surface area (Å²) in [5.74, 6) is 4.09. The molecule has 4 aromatic rings. The van der Waals surface area contributed by atoms with Crippen LogP contribution >= 0.6 is 0 Å². The van der Waals surface area contributed by atoms with Crippen LogP contribution < -0.4 is 14.8 Å². The van der Waals surface area contributed by atoms with Gasteiger partial charge in [0.2, 0.25) is 0 Å². The van der Waals surface area contributed by atoms with Gasteiger partial charge in [0, 0.05) is 39.3 Å². The average molecular weight is 466 g/mol. The van der Waals surface area contributed by atoms with Crippen LogP contribution in [-0.2, 0) is 9.71 Å². The molecular formula is C24H24FN5O2S. The highest BCUT2D eigenvalue weighted by molar-refractivity contribution is 8.00. The maximum Gasteiger partial charge on any atom is 0.146 e. The van der Waals surface area contributed by atoms with Gasteiger partial charge in [-0.2, -0.15) is 0 Å². The molecule has 0 aliphatic carbocycles. The predicted molar refractivity (Wildman–Crippen MR) is 132 cm³/mol. The Kier molecular flexibility index (Phi) is 6.15. The smallest absolute Gasteiger partial charge is 0.146 e. The highest BCUT2D eigenvalue weighted by Gasteiger charge is 2.15. The third kappa shape index (κ3) is 5.38. The van der Waals surface area contributed by atoms with Crippen molar-refractivity contribution in [3.63, 3.8) is 0 Å². The maximum absolute atomic E-state index is 14.1. The molecule has 0 fully saturated rings. The fraction of sp³-hybridized carbons (Fsp3) is 0.167. The minimum atomic E-state index is -2.43. The topological polar surface area (TPSA) is 89.0 Å². The van der Waals surface area contributed by atoms with E-state index in [-0.39, 0.29) is 0 Å². The number of pyridine rings is 1. The highest BCUT2D eigenvalue weighted by Crippen LogP contribution is 2.34. The van der Waals surface area contributed by atoms with Gasteiger partial charge in [-0.1, -0.05) is 6.07 Å². The van der Waals surface area contributed by atoms with Crippen LogP contribution in [-0.4, -0.2) is 31.3 Å². The molecule has 33 heavy (non-hydrogen) atoms. The Morgan fingerprint density at radius 2 is 1.94 bits per heavy atom. The fourth-order valence-corrected chi connectivity index (χ4v) is 4.10. The summed E-state index contributed by atoms with van der Waals surface area (Å²) in [4.78, 5) is 13.1. The summed E-state index contributed by atoms with van der Waals surface area (Å²) in [6.07, 6.45) is 4.26. The third-order valence-corrected chi connectivity index (χ3v) is 5.54. The summed E-state index contributed by atoms with van der Waals surface area (Å²) in [5, 5.41) is 4.04. The zero-order valence-corrected chi connectivity index (χ0v) is 19.3. The number of ether oxygens (including phenoxy) is 1. The van der Waals surface area contributed by atoms with Crippen LogP contribution in [0.1, 0.15) is 24.3 Å². The van der Waals surface area contributed by atoms with E-state index in [0.717, 1.165) is 16.6 Å². The van der Waals surface area contributed by atoms with Crippen LogP contribution in [0.4, 0.5) is 21.6 Å². The van der Waals surface area contributed by atoms with Gasteiger partial charge in [0.15, 0.2) is 0 Å². The minimum Gasteiger partial charge on any atom is -0.482 e. The van der Waals surface area contributed by atoms with Gasteiger partial charge in [-0.05, 0) is 61.7 Å². The van der Waals surface area contributed by atoms with Gasteiger partial charge in [0.25, 0.3) is 0 Å². The highest BCUT2D eigenvalue weighted by atomic mass is 32.2. The first-order valence-corrected chi connectivity index (χ1v) is 12.3. The number of nitrogens with one attached hydrogen (secondary N) is 2. The van der Waals surface area contributed by atoms with E-state index in [1.165, 1.54) is 24.7 Å². The lowest BCUT2D eigenvalue weighted by atomic mass is 10.1. The number of hydrogen-bond acceptors (Lipinski definition) is 6. The zero-order chi connectivity index (χ0) is 23.6. The molecule has 0 aliphatic rings. The number of halogens is 1. The van der Waals surface area contributed by atoms with Gasteiger partial charge in [0.1, 0.15) is 29.8 Å². The molecule has 170 valence electrons. The Morgan fingerprint density at radius 1 is 1.12 bits per heavy atom. The molecule has 0 radical (unpaired) electrons. The quantitative estimate of drug-likeness (QED) is 0.372. The van der Waals surface area contributed by atoms with E-state index >= 15 is 0 Å². The molecule has 2 atom stereocenters. The molecule has 0 saturated heterocycles. The Labute approximate surface area is 192 Å². The summed E-state index contributed by atoms with van der Waals surface area (Å²) in [6.45, 7) is 3.76. The van der Waals surface area contributed by atoms with Crippen molar-refractivity contribution in [3.05, 3.63) is 78.1 Å². The van der Waals surface area contributed by atoms with E-state index in [4.69, 9.17) is 4.74 Å². The van der Waals surface area contributed by atoms with Gasteiger partial charge in [-0.25, -0.2) is 18.6 Å². The molecule has 2 aromatic heterocycles. The van der Waals surface area contributed by atoms with Crippen molar-refractivity contribution < 1.29 is 13.3 Å². The molecule has 2 unspecified atom stereocenters. The number of fused-ring (bicyclic) bond motifs is 1. The lowest BCUT2D eigenvalue weighted by Gasteiger charge is -2.19. The van der Waals surface area contributed by atoms with Crippen molar-refractivity contribution in [1.29, 1.82) is 0 Å². The molecule has 0 saturated carbocycles. The average Bonchev–Trinajstić information content (AvgIpc) is 2.75. The molecular weight excluding hydrogens is 441 g/mol. The third-order valence-electron chi connectivity index (χ3n) is 4.87. The van der Waals surface area contributed by atoms with E-state index in [0.29, 0.717) is 28.5 Å². The van der Waals surface area contributed by atoms with E-state index in [1.807, 2.05) is 38.1 Å². The van der Waals surface area contributed by atoms with Crippen LogP contribution in [0.15, 0.2) is 61.1 Å². The van der Waals surface area contributed by atoms with Crippen LogP contribution in [0.3, 0.4) is 0 Å². The van der Waals surface area contributed by atoms with Crippen molar-refractivity contribution in [2.24, 2.45) is 0 Å². The maximum atomic E-state index is 14.1. The summed E-state index contributed by atoms with van der Waals surface area (Å²) in [5.41, 5.74) is 3.46. The van der Waals surface area contributed by atoms with Gasteiger partial charge < -0.3 is 14.8 Å². The number of anilines is 3. The monoisotopic (exact) mass is 465 g/mol. The Hall–Kier alpha value is -3.72. The first-order valence-electron chi connectivity index (χ1n) is 10.2. The van der Waals surface area contributed by atoms with Crippen LogP contribution in [0.2, 0.25) is 0 Å². The minimum absolute atomic E-state index is 0.332. The van der Waals surface area contributed by atoms with Gasteiger partial charge in [0.05, 0.1) is 16.9 Å². The predicted octanol–water partition coefficient (Wildman–Crippen LogP) is 5.03. The van der Waals surface area contributed by atoms with E-state index < -0.39 is 21.6 Å². The Bertz CT molecular complexity index is 1410. The standard InChI is InChI=1S/C24H24FN5O2S/c1-15-11-18(30-33(3,4)31)13-21-23(15)24(28-14-27-21)29-20-9-8-17(25)12-22(20)32-16(2)19-7-5-6-10-26-19/h5-14,16H,3H2,1-2,4H3,(H,30,31)(H,27,28,29). The largest absolute Gasteiger partial charge is 0.482 e. The number of nitrogens with zero attached hydrogens (tertiary/aromatic N) is 3. The SMILES string of the molecule is C=S(C)(=O)Nc1cc(C)c2c(Nc3ccc(F)cc3OC(C)c3ccccn3)ncnc2c1. The fourth-order valence-electron chi connectivity index (χ4n) is 3.49. The first kappa shape index (κ1) is 22.5. The van der Waals surface area contributed by atoms with Crippen molar-refractivity contribution in [1.82, 2.24) is 15.0 Å². The lowest BCUT2D eigenvalue weighted by Crippen LogP contribution is -2.10. The summed E-state index contributed by atoms with van der Waals surface area (Å²) >= 11 is 0. The zero-order valence-electron chi connectivity index (χ0n) is 18.5. The molecule has 4 rings (SSSR count). The van der Waals surface area contributed by atoms with Crippen LogP contribution in [0.5, 0.6) is 5.75 Å². The van der Waals surface area contributed by atoms with Crippen molar-refractivity contribution >= 4 is 43.7 Å². The molecule has 0 amide bonds. The second kappa shape index (κ2) is 9.03. The number of hydrogen-bond donors (Lipinski definition) is 2. The normalized spacial score (nSPS) is 13.8. The van der Waals surface area contributed by atoms with Crippen LogP contribution in [0.25, 0.3) is 10.9 Å². The lowest BCUT2D eigenvalue weighted by molar-refractivity contribution is 0.222. The molecule has 2 N–H and O–H groups in total. The second-order valence-electron chi connectivity index (χ2n) is 7.80. The Morgan fingerprint density at radius 3 is 2.67 bits per heavy atom. The molecule has 0 aliphatic heterocycles.